The lowest BCUT2D eigenvalue weighted by Crippen LogP contribution is -2.19. The third-order valence-electron chi connectivity index (χ3n) is 2.38. The van der Waals surface area contributed by atoms with E-state index in [0.29, 0.717) is 16.6 Å². The minimum Gasteiger partial charge on any atom is -0.303 e. The van der Waals surface area contributed by atoms with Gasteiger partial charge in [0.15, 0.2) is 0 Å². The molecule has 0 spiro atoms. The summed E-state index contributed by atoms with van der Waals surface area (Å²) in [5.74, 6) is 0.804. The molecular formula is C11H12Cl2N4. The van der Waals surface area contributed by atoms with E-state index in [4.69, 9.17) is 23.2 Å². The summed E-state index contributed by atoms with van der Waals surface area (Å²) >= 11 is 11.8. The van der Waals surface area contributed by atoms with Crippen LogP contribution in [0.1, 0.15) is 24.4 Å². The van der Waals surface area contributed by atoms with Crippen LogP contribution in [0.25, 0.3) is 0 Å². The van der Waals surface area contributed by atoms with Crippen molar-refractivity contribution in [1.29, 1.82) is 0 Å². The molecule has 0 aliphatic heterocycles. The molecule has 1 aromatic heterocycles. The molecule has 0 aliphatic carbocycles. The molecule has 1 heterocycles. The van der Waals surface area contributed by atoms with Crippen molar-refractivity contribution in [1.82, 2.24) is 20.5 Å². The quantitative estimate of drug-likeness (QED) is 0.898. The highest BCUT2D eigenvalue weighted by atomic mass is 35.5. The standard InChI is InChI=1S/C11H12Cl2N4/c1-7(11-15-6-16-17-11)14-5-8-2-9(12)4-10(13)3-8/h2-4,6-7,14H,5H2,1H3,(H,15,16,17). The van der Waals surface area contributed by atoms with E-state index in [1.165, 1.54) is 6.33 Å². The van der Waals surface area contributed by atoms with Crippen LogP contribution in [-0.2, 0) is 6.54 Å². The van der Waals surface area contributed by atoms with E-state index < -0.39 is 0 Å². The first kappa shape index (κ1) is 12.4. The Kier molecular flexibility index (Phi) is 3.99. The SMILES string of the molecule is CC(NCc1cc(Cl)cc(Cl)c1)c1ncn[nH]1. The number of aromatic amines is 1. The van der Waals surface area contributed by atoms with Crippen LogP contribution in [0.4, 0.5) is 0 Å². The molecule has 2 rings (SSSR count). The van der Waals surface area contributed by atoms with Crippen LogP contribution in [0.2, 0.25) is 10.0 Å². The van der Waals surface area contributed by atoms with Crippen molar-refractivity contribution in [2.24, 2.45) is 0 Å². The number of nitrogens with one attached hydrogen (secondary N) is 2. The van der Waals surface area contributed by atoms with Gasteiger partial charge in [-0.1, -0.05) is 23.2 Å². The van der Waals surface area contributed by atoms with Gasteiger partial charge in [0.25, 0.3) is 0 Å². The predicted octanol–water partition coefficient (Wildman–Crippen LogP) is 2.96. The molecule has 6 heteroatoms. The summed E-state index contributed by atoms with van der Waals surface area (Å²) in [6.45, 7) is 2.68. The third-order valence-corrected chi connectivity index (χ3v) is 2.81. The fourth-order valence-corrected chi connectivity index (χ4v) is 2.08. The Balaban J connectivity index is 1.98. The summed E-state index contributed by atoms with van der Waals surface area (Å²) in [7, 11) is 0. The van der Waals surface area contributed by atoms with Gasteiger partial charge in [-0.25, -0.2) is 4.98 Å². The minimum absolute atomic E-state index is 0.0928. The highest BCUT2D eigenvalue weighted by molar-refractivity contribution is 6.34. The Hall–Kier alpha value is -1.10. The molecule has 0 saturated carbocycles. The summed E-state index contributed by atoms with van der Waals surface area (Å²) in [5.41, 5.74) is 1.04. The van der Waals surface area contributed by atoms with Crippen LogP contribution in [0, 0.1) is 0 Å². The predicted molar refractivity (Wildman–Crippen MR) is 68.1 cm³/mol. The van der Waals surface area contributed by atoms with E-state index >= 15 is 0 Å². The molecule has 0 amide bonds. The van der Waals surface area contributed by atoms with Gasteiger partial charge < -0.3 is 5.32 Å². The Labute approximate surface area is 109 Å². The fraction of sp³-hybridized carbons (Fsp3) is 0.273. The minimum atomic E-state index is 0.0928. The number of benzene rings is 1. The topological polar surface area (TPSA) is 53.6 Å². The maximum atomic E-state index is 5.92. The van der Waals surface area contributed by atoms with Gasteiger partial charge in [0, 0.05) is 16.6 Å². The maximum Gasteiger partial charge on any atom is 0.141 e. The summed E-state index contributed by atoms with van der Waals surface area (Å²) in [6.07, 6.45) is 1.49. The van der Waals surface area contributed by atoms with Gasteiger partial charge in [-0.05, 0) is 30.7 Å². The lowest BCUT2D eigenvalue weighted by atomic mass is 10.2. The van der Waals surface area contributed by atoms with Crippen LogP contribution in [0.5, 0.6) is 0 Å². The highest BCUT2D eigenvalue weighted by Crippen LogP contribution is 2.19. The van der Waals surface area contributed by atoms with Gasteiger partial charge in [0.1, 0.15) is 12.2 Å². The first-order valence-electron chi connectivity index (χ1n) is 5.19. The second-order valence-electron chi connectivity index (χ2n) is 3.75. The Morgan fingerprint density at radius 1 is 1.29 bits per heavy atom. The van der Waals surface area contributed by atoms with Gasteiger partial charge >= 0.3 is 0 Å². The van der Waals surface area contributed by atoms with Crippen LogP contribution < -0.4 is 5.32 Å². The lowest BCUT2D eigenvalue weighted by Gasteiger charge is -2.11. The van der Waals surface area contributed by atoms with Crippen molar-refractivity contribution in [3.05, 3.63) is 46.0 Å². The number of nitrogens with zero attached hydrogens (tertiary/aromatic N) is 2. The zero-order chi connectivity index (χ0) is 12.3. The molecule has 2 aromatic rings. The summed E-state index contributed by atoms with van der Waals surface area (Å²) in [6, 6.07) is 5.57. The highest BCUT2D eigenvalue weighted by Gasteiger charge is 2.07. The molecule has 17 heavy (non-hydrogen) atoms. The molecule has 1 aromatic carbocycles. The zero-order valence-electron chi connectivity index (χ0n) is 9.24. The molecule has 0 aliphatic rings. The number of hydrogen-bond donors (Lipinski definition) is 2. The summed E-state index contributed by atoms with van der Waals surface area (Å²) < 4.78 is 0. The van der Waals surface area contributed by atoms with Crippen LogP contribution >= 0.6 is 23.2 Å². The van der Waals surface area contributed by atoms with E-state index in [1.807, 2.05) is 19.1 Å². The molecule has 90 valence electrons. The first-order valence-corrected chi connectivity index (χ1v) is 5.94. The fourth-order valence-electron chi connectivity index (χ4n) is 1.50. The van der Waals surface area contributed by atoms with Crippen molar-refractivity contribution in [3.63, 3.8) is 0 Å². The molecule has 1 atom stereocenters. The monoisotopic (exact) mass is 270 g/mol. The van der Waals surface area contributed by atoms with Crippen LogP contribution in [0.3, 0.4) is 0 Å². The van der Waals surface area contributed by atoms with Gasteiger partial charge in [-0.2, -0.15) is 5.10 Å². The average Bonchev–Trinajstić information content (AvgIpc) is 2.78. The molecule has 4 nitrogen and oxygen atoms in total. The number of H-pyrrole nitrogens is 1. The maximum absolute atomic E-state index is 5.92. The van der Waals surface area contributed by atoms with E-state index in [2.05, 4.69) is 20.5 Å². The van der Waals surface area contributed by atoms with Crippen LogP contribution in [0.15, 0.2) is 24.5 Å². The number of aromatic nitrogens is 3. The Morgan fingerprint density at radius 3 is 2.59 bits per heavy atom. The van der Waals surface area contributed by atoms with Gasteiger partial charge in [0.2, 0.25) is 0 Å². The van der Waals surface area contributed by atoms with Crippen molar-refractivity contribution in [2.75, 3.05) is 0 Å². The van der Waals surface area contributed by atoms with Gasteiger partial charge in [-0.15, -0.1) is 0 Å². The number of hydrogen-bond acceptors (Lipinski definition) is 3. The lowest BCUT2D eigenvalue weighted by molar-refractivity contribution is 0.548. The number of rotatable bonds is 4. The third kappa shape index (κ3) is 3.43. The Morgan fingerprint density at radius 2 is 2.00 bits per heavy atom. The van der Waals surface area contributed by atoms with Crippen molar-refractivity contribution in [3.8, 4) is 0 Å². The number of halogens is 2. The second kappa shape index (κ2) is 5.49. The van der Waals surface area contributed by atoms with Gasteiger partial charge in [-0.3, -0.25) is 5.10 Å². The van der Waals surface area contributed by atoms with Crippen molar-refractivity contribution < 1.29 is 0 Å². The van der Waals surface area contributed by atoms with Crippen molar-refractivity contribution >= 4 is 23.2 Å². The molecule has 2 N–H and O–H groups in total. The summed E-state index contributed by atoms with van der Waals surface area (Å²) in [4.78, 5) is 4.08. The first-order chi connectivity index (χ1) is 8.15. The smallest absolute Gasteiger partial charge is 0.141 e. The molecule has 0 fully saturated rings. The van der Waals surface area contributed by atoms with Gasteiger partial charge in [0.05, 0.1) is 6.04 Å². The Bertz CT molecular complexity index is 464. The van der Waals surface area contributed by atoms with E-state index in [1.54, 1.807) is 6.07 Å². The molecular weight excluding hydrogens is 259 g/mol. The average molecular weight is 271 g/mol. The normalized spacial score (nSPS) is 12.6. The van der Waals surface area contributed by atoms with E-state index in [0.717, 1.165) is 11.4 Å². The largest absolute Gasteiger partial charge is 0.303 e. The van der Waals surface area contributed by atoms with E-state index in [-0.39, 0.29) is 6.04 Å². The molecule has 0 radical (unpaired) electrons. The second-order valence-corrected chi connectivity index (χ2v) is 4.62. The van der Waals surface area contributed by atoms with Crippen LogP contribution in [-0.4, -0.2) is 15.2 Å². The van der Waals surface area contributed by atoms with Crippen molar-refractivity contribution in [2.45, 2.75) is 19.5 Å². The molecule has 0 bridgehead atoms. The van der Waals surface area contributed by atoms with E-state index in [9.17, 15) is 0 Å². The zero-order valence-corrected chi connectivity index (χ0v) is 10.8. The molecule has 1 unspecified atom stereocenters. The summed E-state index contributed by atoms with van der Waals surface area (Å²) in [5, 5.41) is 11.2. The molecule has 0 saturated heterocycles.